The van der Waals surface area contributed by atoms with Crippen molar-refractivity contribution < 1.29 is 19.1 Å². The third-order valence-corrected chi connectivity index (χ3v) is 4.46. The van der Waals surface area contributed by atoms with E-state index in [0.717, 1.165) is 19.3 Å². The Hall–Kier alpha value is -2.26. The summed E-state index contributed by atoms with van der Waals surface area (Å²) in [4.78, 5) is 24.1. The normalized spacial score (nSPS) is 17.0. The van der Waals surface area contributed by atoms with Crippen molar-refractivity contribution in [2.45, 2.75) is 50.7 Å². The Balaban J connectivity index is 1.83. The summed E-state index contributed by atoms with van der Waals surface area (Å²) in [6.07, 6.45) is 3.08. The summed E-state index contributed by atoms with van der Waals surface area (Å²) in [7, 11) is 0. The maximum absolute atomic E-state index is 12.2. The van der Waals surface area contributed by atoms with Crippen molar-refractivity contribution in [3.8, 4) is 11.8 Å². The molecule has 1 fully saturated rings. The number of carbonyl (C=O) groups excluding carboxylic acids is 2. The van der Waals surface area contributed by atoms with E-state index in [4.69, 9.17) is 21.1 Å². The van der Waals surface area contributed by atoms with Crippen LogP contribution in [0.15, 0.2) is 24.3 Å². The molecule has 0 aliphatic heterocycles. The first-order valence-electron chi connectivity index (χ1n) is 8.26. The molecule has 6 nitrogen and oxygen atoms in total. The Morgan fingerprint density at radius 1 is 1.32 bits per heavy atom. The van der Waals surface area contributed by atoms with Gasteiger partial charge in [-0.05, 0) is 31.9 Å². The Kier molecular flexibility index (Phi) is 6.65. The summed E-state index contributed by atoms with van der Waals surface area (Å²) >= 11 is 5.93. The van der Waals surface area contributed by atoms with Crippen LogP contribution in [0.4, 0.5) is 0 Å². The van der Waals surface area contributed by atoms with Crippen molar-refractivity contribution in [3.63, 3.8) is 0 Å². The molecule has 0 spiro atoms. The van der Waals surface area contributed by atoms with Gasteiger partial charge in [0.15, 0.2) is 12.7 Å². The summed E-state index contributed by atoms with van der Waals surface area (Å²) < 4.78 is 10.4. The lowest BCUT2D eigenvalue weighted by molar-refractivity contribution is -0.157. The first kappa shape index (κ1) is 19.1. The number of nitriles is 1. The predicted molar refractivity (Wildman–Crippen MR) is 92.1 cm³/mol. The number of benzene rings is 1. The fourth-order valence-electron chi connectivity index (χ4n) is 2.74. The number of nitrogens with zero attached hydrogens (tertiary/aromatic N) is 1. The predicted octanol–water partition coefficient (Wildman–Crippen LogP) is 2.99. The molecule has 1 saturated carbocycles. The molecular weight excluding hydrogens is 344 g/mol. The van der Waals surface area contributed by atoms with Crippen molar-refractivity contribution in [1.29, 1.82) is 5.26 Å². The van der Waals surface area contributed by atoms with Crippen LogP contribution in [0.2, 0.25) is 5.02 Å². The maximum atomic E-state index is 12.2. The monoisotopic (exact) mass is 364 g/mol. The molecule has 0 radical (unpaired) electrons. The number of nitrogens with one attached hydrogen (secondary N) is 1. The van der Waals surface area contributed by atoms with Crippen LogP contribution in [0.5, 0.6) is 5.75 Å². The smallest absolute Gasteiger partial charge is 0.344 e. The fraction of sp³-hybridized carbons (Fsp3) is 0.500. The molecule has 0 heterocycles. The lowest BCUT2D eigenvalue weighted by Crippen LogP contribution is -2.52. The minimum absolute atomic E-state index is 0.356. The second kappa shape index (κ2) is 8.72. The van der Waals surface area contributed by atoms with E-state index in [1.54, 1.807) is 24.3 Å². The van der Waals surface area contributed by atoms with E-state index in [1.807, 2.05) is 0 Å². The van der Waals surface area contributed by atoms with E-state index in [-0.39, 0.29) is 6.61 Å². The van der Waals surface area contributed by atoms with E-state index in [1.165, 1.54) is 6.92 Å². The van der Waals surface area contributed by atoms with Crippen LogP contribution in [0.1, 0.15) is 39.0 Å². The first-order chi connectivity index (χ1) is 12.0. The zero-order chi connectivity index (χ0) is 18.3. The lowest BCUT2D eigenvalue weighted by atomic mass is 9.83. The van der Waals surface area contributed by atoms with Crippen LogP contribution in [-0.2, 0) is 14.3 Å². The van der Waals surface area contributed by atoms with Gasteiger partial charge in [0.05, 0.1) is 11.1 Å². The Morgan fingerprint density at radius 2 is 2.00 bits per heavy atom. The number of para-hydroxylation sites is 1. The highest BCUT2D eigenvalue weighted by Gasteiger charge is 2.35. The van der Waals surface area contributed by atoms with Crippen LogP contribution >= 0.6 is 11.6 Å². The first-order valence-corrected chi connectivity index (χ1v) is 8.64. The van der Waals surface area contributed by atoms with Gasteiger partial charge in [-0.1, -0.05) is 43.0 Å². The number of esters is 1. The van der Waals surface area contributed by atoms with Gasteiger partial charge >= 0.3 is 5.97 Å². The summed E-state index contributed by atoms with van der Waals surface area (Å²) in [5, 5.41) is 12.5. The highest BCUT2D eigenvalue weighted by atomic mass is 35.5. The molecule has 134 valence electrons. The zero-order valence-corrected chi connectivity index (χ0v) is 14.8. The van der Waals surface area contributed by atoms with Gasteiger partial charge in [-0.15, -0.1) is 0 Å². The molecule has 2 rings (SSSR count). The molecule has 1 N–H and O–H groups in total. The van der Waals surface area contributed by atoms with E-state index in [0.29, 0.717) is 23.6 Å². The molecule has 0 unspecified atom stereocenters. The fourth-order valence-corrected chi connectivity index (χ4v) is 2.93. The van der Waals surface area contributed by atoms with Crippen LogP contribution in [0.3, 0.4) is 0 Å². The summed E-state index contributed by atoms with van der Waals surface area (Å²) in [6.45, 7) is 1.11. The maximum Gasteiger partial charge on any atom is 0.344 e. The van der Waals surface area contributed by atoms with Gasteiger partial charge in [0.2, 0.25) is 0 Å². The molecule has 1 atom stereocenters. The number of halogens is 1. The van der Waals surface area contributed by atoms with Gasteiger partial charge in [-0.25, -0.2) is 4.79 Å². The third kappa shape index (κ3) is 5.36. The van der Waals surface area contributed by atoms with Crippen LogP contribution in [-0.4, -0.2) is 30.1 Å². The van der Waals surface area contributed by atoms with E-state index in [9.17, 15) is 14.9 Å². The quantitative estimate of drug-likeness (QED) is 0.784. The van der Waals surface area contributed by atoms with E-state index >= 15 is 0 Å². The van der Waals surface area contributed by atoms with Gasteiger partial charge in [-0.3, -0.25) is 4.79 Å². The second-order valence-corrected chi connectivity index (χ2v) is 6.50. The molecule has 25 heavy (non-hydrogen) atoms. The molecule has 1 aliphatic carbocycles. The van der Waals surface area contributed by atoms with Gasteiger partial charge in [0, 0.05) is 0 Å². The highest BCUT2D eigenvalue weighted by molar-refractivity contribution is 6.32. The average Bonchev–Trinajstić information content (AvgIpc) is 2.61. The van der Waals surface area contributed by atoms with Crippen molar-refractivity contribution >= 4 is 23.5 Å². The van der Waals surface area contributed by atoms with Crippen molar-refractivity contribution in [2.24, 2.45) is 0 Å². The minimum atomic E-state index is -1.01. The summed E-state index contributed by atoms with van der Waals surface area (Å²) in [5.74, 6) is -0.796. The zero-order valence-electron chi connectivity index (χ0n) is 14.1. The van der Waals surface area contributed by atoms with Crippen molar-refractivity contribution in [3.05, 3.63) is 29.3 Å². The van der Waals surface area contributed by atoms with Crippen LogP contribution in [0.25, 0.3) is 0 Å². The highest BCUT2D eigenvalue weighted by Crippen LogP contribution is 2.27. The topological polar surface area (TPSA) is 88.4 Å². The number of carbonyl (C=O) groups is 2. The third-order valence-electron chi connectivity index (χ3n) is 4.14. The number of rotatable bonds is 6. The Morgan fingerprint density at radius 3 is 2.64 bits per heavy atom. The van der Waals surface area contributed by atoms with Gasteiger partial charge in [0.25, 0.3) is 5.91 Å². The second-order valence-electron chi connectivity index (χ2n) is 6.10. The molecule has 0 aromatic heterocycles. The van der Waals surface area contributed by atoms with Crippen molar-refractivity contribution in [2.75, 3.05) is 6.61 Å². The molecule has 1 aromatic carbocycles. The van der Waals surface area contributed by atoms with Crippen LogP contribution < -0.4 is 10.1 Å². The molecule has 1 amide bonds. The van der Waals surface area contributed by atoms with Gasteiger partial charge < -0.3 is 14.8 Å². The Labute approximate surface area is 152 Å². The largest absolute Gasteiger partial charge is 0.480 e. The van der Waals surface area contributed by atoms with Crippen LogP contribution in [0, 0.1) is 11.3 Å². The van der Waals surface area contributed by atoms with Gasteiger partial charge in [0.1, 0.15) is 11.3 Å². The summed E-state index contributed by atoms with van der Waals surface area (Å²) in [5.41, 5.74) is -0.857. The van der Waals surface area contributed by atoms with Gasteiger partial charge in [-0.2, -0.15) is 5.26 Å². The standard InChI is InChI=1S/C18H21ClN2O4/c1-13(17(23)21-18(12-20)9-5-2-6-10-18)25-16(22)11-24-15-8-4-3-7-14(15)19/h3-4,7-8,13H,2,5-6,9-11H2,1H3,(H,21,23)/t13-/m1/s1. The lowest BCUT2D eigenvalue weighted by Gasteiger charge is -2.32. The molecule has 0 saturated heterocycles. The number of ether oxygens (including phenoxy) is 2. The Bertz CT molecular complexity index is 665. The van der Waals surface area contributed by atoms with E-state index < -0.39 is 23.5 Å². The molecular formula is C18H21ClN2O4. The SMILES string of the molecule is C[C@@H](OC(=O)COc1ccccc1Cl)C(=O)NC1(C#N)CCCCC1. The molecule has 7 heteroatoms. The number of hydrogen-bond donors (Lipinski definition) is 1. The molecule has 1 aromatic rings. The molecule has 0 bridgehead atoms. The van der Waals surface area contributed by atoms with Crippen molar-refractivity contribution in [1.82, 2.24) is 5.32 Å². The average molecular weight is 365 g/mol. The molecule has 1 aliphatic rings. The summed E-state index contributed by atoms with van der Waals surface area (Å²) in [6, 6.07) is 8.95. The van der Waals surface area contributed by atoms with E-state index in [2.05, 4.69) is 11.4 Å². The number of amides is 1. The number of hydrogen-bond acceptors (Lipinski definition) is 5. The minimum Gasteiger partial charge on any atom is -0.480 e.